The smallest absolute Gasteiger partial charge is 0.00767 e. The minimum atomic E-state index is 0.0549. The molecule has 0 aromatic rings. The quantitative estimate of drug-likeness (QED) is 0.572. The van der Waals surface area contributed by atoms with Gasteiger partial charge >= 0.3 is 0 Å². The molecule has 0 saturated carbocycles. The monoisotopic (exact) mass is 212 g/mol. The van der Waals surface area contributed by atoms with Gasteiger partial charge in [-0.05, 0) is 42.0 Å². The Bertz CT molecular complexity index is 203. The van der Waals surface area contributed by atoms with Gasteiger partial charge in [0, 0.05) is 13.1 Å². The minimum Gasteiger partial charge on any atom is -0.315 e. The van der Waals surface area contributed by atoms with Crippen molar-refractivity contribution in [3.63, 3.8) is 0 Å². The molecule has 0 amide bonds. The average molecular weight is 212 g/mol. The molecule has 0 aliphatic carbocycles. The van der Waals surface area contributed by atoms with Gasteiger partial charge in [-0.3, -0.25) is 0 Å². The molecule has 14 heavy (non-hydrogen) atoms. The lowest BCUT2D eigenvalue weighted by Gasteiger charge is -2.23. The number of allylic oxidation sites excluding steroid dienone is 2. The summed E-state index contributed by atoms with van der Waals surface area (Å²) in [6.07, 6.45) is 7.09. The van der Waals surface area contributed by atoms with Crippen molar-refractivity contribution in [1.82, 2.24) is 10.6 Å². The second-order valence-electron chi connectivity index (χ2n) is 3.86. The van der Waals surface area contributed by atoms with Crippen molar-refractivity contribution >= 4 is 10.9 Å². The van der Waals surface area contributed by atoms with Crippen LogP contribution >= 0.6 is 10.9 Å². The number of nitrogens with one attached hydrogen (secondary N) is 2. The highest BCUT2D eigenvalue weighted by Crippen LogP contribution is 2.41. The number of hydrogen-bond acceptors (Lipinski definition) is 2. The molecule has 2 nitrogen and oxygen atoms in total. The summed E-state index contributed by atoms with van der Waals surface area (Å²) in [6, 6.07) is 0. The van der Waals surface area contributed by atoms with E-state index < -0.39 is 0 Å². The third-order valence-corrected chi connectivity index (χ3v) is 5.23. The van der Waals surface area contributed by atoms with Crippen LogP contribution in [-0.2, 0) is 0 Å². The number of rotatable bonds is 1. The van der Waals surface area contributed by atoms with Gasteiger partial charge in [0.2, 0.25) is 0 Å². The van der Waals surface area contributed by atoms with Crippen LogP contribution in [-0.4, -0.2) is 31.4 Å². The van der Waals surface area contributed by atoms with Crippen LogP contribution in [0.4, 0.5) is 0 Å². The number of hydrogen-bond donors (Lipinski definition) is 3. The second kappa shape index (κ2) is 5.59. The van der Waals surface area contributed by atoms with Crippen molar-refractivity contribution in [3.05, 3.63) is 23.0 Å². The van der Waals surface area contributed by atoms with Crippen LogP contribution in [0.2, 0.25) is 0 Å². The first-order valence-electron chi connectivity index (χ1n) is 5.51. The molecule has 0 bridgehead atoms. The van der Waals surface area contributed by atoms with Gasteiger partial charge in [0.1, 0.15) is 0 Å². The van der Waals surface area contributed by atoms with Crippen LogP contribution in [0.1, 0.15) is 12.8 Å². The van der Waals surface area contributed by atoms with E-state index in [9.17, 15) is 0 Å². The third kappa shape index (κ3) is 2.87. The van der Waals surface area contributed by atoms with E-state index in [1.54, 1.807) is 0 Å². The van der Waals surface area contributed by atoms with Crippen LogP contribution in [0.5, 0.6) is 0 Å². The summed E-state index contributed by atoms with van der Waals surface area (Å²) in [5, 5.41) is 12.6. The van der Waals surface area contributed by atoms with Crippen molar-refractivity contribution in [1.29, 1.82) is 0 Å². The molecule has 2 aliphatic heterocycles. The summed E-state index contributed by atoms with van der Waals surface area (Å²) in [4.78, 5) is 0. The highest BCUT2D eigenvalue weighted by Gasteiger charge is 2.15. The van der Waals surface area contributed by atoms with E-state index in [4.69, 9.17) is 0 Å². The molecule has 0 unspecified atom stereocenters. The first-order chi connectivity index (χ1) is 6.97. The molecule has 0 atom stereocenters. The van der Waals surface area contributed by atoms with Gasteiger partial charge in [0.05, 0.1) is 0 Å². The SMILES string of the molecule is C1=C[SH](C2CCNCCNCC2)C=C1. The summed E-state index contributed by atoms with van der Waals surface area (Å²) in [6.45, 7) is 4.62. The Morgan fingerprint density at radius 1 is 0.857 bits per heavy atom. The molecule has 1 fully saturated rings. The molecule has 3 heteroatoms. The normalized spacial score (nSPS) is 27.3. The van der Waals surface area contributed by atoms with Gasteiger partial charge in [-0.15, -0.1) is 0 Å². The van der Waals surface area contributed by atoms with Crippen LogP contribution in [0.15, 0.2) is 23.0 Å². The zero-order chi connectivity index (χ0) is 9.64. The Hall–Kier alpha value is -0.250. The maximum Gasteiger partial charge on any atom is 0.00767 e. The summed E-state index contributed by atoms with van der Waals surface area (Å²) in [5.41, 5.74) is 0. The predicted molar refractivity (Wildman–Crippen MR) is 66.0 cm³/mol. The largest absolute Gasteiger partial charge is 0.315 e. The zero-order valence-corrected chi connectivity index (χ0v) is 9.47. The van der Waals surface area contributed by atoms with Crippen molar-refractivity contribution in [2.24, 2.45) is 0 Å². The van der Waals surface area contributed by atoms with Crippen molar-refractivity contribution in [3.8, 4) is 0 Å². The fraction of sp³-hybridized carbons (Fsp3) is 0.636. The average Bonchev–Trinajstić information content (AvgIpc) is 2.75. The van der Waals surface area contributed by atoms with Gasteiger partial charge in [0.15, 0.2) is 0 Å². The van der Waals surface area contributed by atoms with E-state index in [1.807, 2.05) is 0 Å². The molecule has 80 valence electrons. The number of thiol groups is 1. The summed E-state index contributed by atoms with van der Waals surface area (Å²) >= 11 is 0. The van der Waals surface area contributed by atoms with Crippen LogP contribution in [0.25, 0.3) is 0 Å². The van der Waals surface area contributed by atoms with E-state index in [0.29, 0.717) is 0 Å². The molecule has 0 spiro atoms. The van der Waals surface area contributed by atoms with E-state index in [1.165, 1.54) is 25.9 Å². The third-order valence-electron chi connectivity index (χ3n) is 2.84. The van der Waals surface area contributed by atoms with Gasteiger partial charge in [-0.1, -0.05) is 12.2 Å². The molecule has 2 heterocycles. The molecule has 2 aliphatic rings. The molecule has 2 N–H and O–H groups in total. The first-order valence-corrected chi connectivity index (χ1v) is 7.05. The summed E-state index contributed by atoms with van der Waals surface area (Å²) in [7, 11) is 0.0549. The topological polar surface area (TPSA) is 24.1 Å². The molecule has 1 saturated heterocycles. The first kappa shape index (κ1) is 10.3. The second-order valence-corrected chi connectivity index (χ2v) is 6.08. The Kier molecular flexibility index (Phi) is 4.10. The lowest BCUT2D eigenvalue weighted by atomic mass is 10.2. The molecule has 0 aromatic heterocycles. The van der Waals surface area contributed by atoms with Gasteiger partial charge in [0.25, 0.3) is 0 Å². The van der Waals surface area contributed by atoms with Crippen molar-refractivity contribution in [2.75, 3.05) is 26.2 Å². The molecule has 2 rings (SSSR count). The van der Waals surface area contributed by atoms with Crippen LogP contribution in [0, 0.1) is 0 Å². The molecular formula is C11H20N2S. The standard InChI is InChI=1S/C11H20N2S/c1-2-10-14(9-1)11-3-5-12-7-8-13-6-4-11/h1-2,9-14H,3-8H2. The highest BCUT2D eigenvalue weighted by atomic mass is 32.2. The Labute approximate surface area is 89.2 Å². The van der Waals surface area contributed by atoms with Gasteiger partial charge in [-0.2, -0.15) is 0 Å². The van der Waals surface area contributed by atoms with Gasteiger partial charge in [-0.25, -0.2) is 10.9 Å². The van der Waals surface area contributed by atoms with Crippen LogP contribution < -0.4 is 10.6 Å². The summed E-state index contributed by atoms with van der Waals surface area (Å²) < 4.78 is 0. The maximum atomic E-state index is 3.48. The predicted octanol–water partition coefficient (Wildman–Crippen LogP) is 1.37. The van der Waals surface area contributed by atoms with E-state index in [0.717, 1.165) is 18.3 Å². The lowest BCUT2D eigenvalue weighted by Crippen LogP contribution is -2.26. The van der Waals surface area contributed by atoms with E-state index in [2.05, 4.69) is 33.6 Å². The van der Waals surface area contributed by atoms with E-state index in [-0.39, 0.29) is 10.9 Å². The lowest BCUT2D eigenvalue weighted by molar-refractivity contribution is 0.641. The van der Waals surface area contributed by atoms with Crippen LogP contribution in [0.3, 0.4) is 0 Å². The molecule has 0 radical (unpaired) electrons. The minimum absolute atomic E-state index is 0.0549. The summed E-state index contributed by atoms with van der Waals surface area (Å²) in [5.74, 6) is 0. The Balaban J connectivity index is 1.87. The fourth-order valence-electron chi connectivity index (χ4n) is 2.00. The van der Waals surface area contributed by atoms with Crippen molar-refractivity contribution < 1.29 is 0 Å². The zero-order valence-electron chi connectivity index (χ0n) is 8.58. The Morgan fingerprint density at radius 2 is 1.43 bits per heavy atom. The maximum absolute atomic E-state index is 3.48. The van der Waals surface area contributed by atoms with Crippen molar-refractivity contribution in [2.45, 2.75) is 18.1 Å². The Morgan fingerprint density at radius 3 is 2.00 bits per heavy atom. The van der Waals surface area contributed by atoms with Gasteiger partial charge < -0.3 is 10.6 Å². The fourth-order valence-corrected chi connectivity index (χ4v) is 4.03. The molecular weight excluding hydrogens is 192 g/mol. The van der Waals surface area contributed by atoms with E-state index >= 15 is 0 Å². The molecule has 0 aromatic carbocycles. The highest BCUT2D eigenvalue weighted by molar-refractivity contribution is 8.22.